The number of aliphatic hydroxyl groups excluding tert-OH is 1. The molecule has 2 aromatic rings. The number of hydrogen-bond acceptors (Lipinski definition) is 4. The molecule has 2 rings (SSSR count). The van der Waals surface area contributed by atoms with Crippen LogP contribution in [0.3, 0.4) is 0 Å². The van der Waals surface area contributed by atoms with Gasteiger partial charge in [-0.1, -0.05) is 12.1 Å². The lowest BCUT2D eigenvalue weighted by Gasteiger charge is -2.18. The van der Waals surface area contributed by atoms with Gasteiger partial charge in [0.25, 0.3) is 0 Å². The van der Waals surface area contributed by atoms with E-state index < -0.39 is 6.10 Å². The monoisotopic (exact) mass is 317 g/mol. The van der Waals surface area contributed by atoms with E-state index in [1.54, 1.807) is 7.11 Å². The van der Waals surface area contributed by atoms with Crippen LogP contribution in [0.2, 0.25) is 0 Å². The van der Waals surface area contributed by atoms with Crippen molar-refractivity contribution in [3.63, 3.8) is 0 Å². The summed E-state index contributed by atoms with van der Waals surface area (Å²) in [6, 6.07) is 7.67. The summed E-state index contributed by atoms with van der Waals surface area (Å²) in [5.41, 5.74) is 4.28. The van der Waals surface area contributed by atoms with E-state index in [0.29, 0.717) is 6.54 Å². The summed E-state index contributed by atoms with van der Waals surface area (Å²) >= 11 is 0. The van der Waals surface area contributed by atoms with Crippen LogP contribution in [-0.4, -0.2) is 28.5 Å². The minimum Gasteiger partial charge on any atom is -0.497 e. The molecule has 5 heteroatoms. The minimum atomic E-state index is -0.575. The fraction of sp³-hybridized carbons (Fsp3) is 0.500. The highest BCUT2D eigenvalue weighted by Gasteiger charge is 2.18. The third kappa shape index (κ3) is 3.92. The summed E-state index contributed by atoms with van der Waals surface area (Å²) in [7, 11) is 1.63. The van der Waals surface area contributed by atoms with E-state index in [1.165, 1.54) is 11.3 Å². The molecule has 0 aliphatic rings. The number of methoxy groups -OCH3 is 1. The van der Waals surface area contributed by atoms with Gasteiger partial charge in [-0.15, -0.1) is 0 Å². The molecule has 5 nitrogen and oxygen atoms in total. The SMILES string of the molecule is CCn1nc(C)c(C(C)NCC(O)c2cccc(OC)c2)c1C. The molecule has 0 radical (unpaired) electrons. The third-order valence-electron chi connectivity index (χ3n) is 4.27. The molecule has 0 saturated heterocycles. The van der Waals surface area contributed by atoms with Gasteiger partial charge in [-0.05, 0) is 45.4 Å². The number of aryl methyl sites for hydroxylation is 2. The van der Waals surface area contributed by atoms with E-state index in [-0.39, 0.29) is 6.04 Å². The second kappa shape index (κ2) is 7.62. The second-order valence-electron chi connectivity index (χ2n) is 5.82. The number of aromatic nitrogens is 2. The quantitative estimate of drug-likeness (QED) is 0.824. The van der Waals surface area contributed by atoms with Gasteiger partial charge in [-0.2, -0.15) is 5.10 Å². The summed E-state index contributed by atoms with van der Waals surface area (Å²) in [6.45, 7) is 9.67. The van der Waals surface area contributed by atoms with Crippen molar-refractivity contribution in [3.05, 3.63) is 46.8 Å². The van der Waals surface area contributed by atoms with Crippen LogP contribution in [0.15, 0.2) is 24.3 Å². The summed E-state index contributed by atoms with van der Waals surface area (Å²) in [4.78, 5) is 0. The predicted octanol–water partition coefficient (Wildman–Crippen LogP) is 2.91. The fourth-order valence-corrected chi connectivity index (χ4v) is 3.00. The van der Waals surface area contributed by atoms with Crippen molar-refractivity contribution in [1.29, 1.82) is 0 Å². The topological polar surface area (TPSA) is 59.3 Å². The van der Waals surface area contributed by atoms with Crippen LogP contribution in [0, 0.1) is 13.8 Å². The molecule has 2 atom stereocenters. The van der Waals surface area contributed by atoms with Crippen LogP contribution < -0.4 is 10.1 Å². The Balaban J connectivity index is 2.03. The Labute approximate surface area is 138 Å². The van der Waals surface area contributed by atoms with Crippen molar-refractivity contribution in [1.82, 2.24) is 15.1 Å². The largest absolute Gasteiger partial charge is 0.497 e. The van der Waals surface area contributed by atoms with Gasteiger partial charge in [-0.3, -0.25) is 4.68 Å². The van der Waals surface area contributed by atoms with Crippen LogP contribution in [0.4, 0.5) is 0 Å². The first kappa shape index (κ1) is 17.5. The number of hydrogen-bond donors (Lipinski definition) is 2. The molecule has 23 heavy (non-hydrogen) atoms. The average Bonchev–Trinajstić information content (AvgIpc) is 2.86. The van der Waals surface area contributed by atoms with Crippen molar-refractivity contribution < 1.29 is 9.84 Å². The number of aliphatic hydroxyl groups is 1. The molecule has 0 fully saturated rings. The Kier molecular flexibility index (Phi) is 5.80. The summed E-state index contributed by atoms with van der Waals surface area (Å²) in [5.74, 6) is 0.755. The van der Waals surface area contributed by atoms with Gasteiger partial charge in [-0.25, -0.2) is 0 Å². The van der Waals surface area contributed by atoms with Gasteiger partial charge >= 0.3 is 0 Å². The van der Waals surface area contributed by atoms with E-state index in [4.69, 9.17) is 4.74 Å². The number of ether oxygens (including phenoxy) is 1. The van der Waals surface area contributed by atoms with Crippen LogP contribution in [0.25, 0.3) is 0 Å². The lowest BCUT2D eigenvalue weighted by Crippen LogP contribution is -2.25. The number of benzene rings is 1. The van der Waals surface area contributed by atoms with Gasteiger partial charge in [0, 0.05) is 30.4 Å². The highest BCUT2D eigenvalue weighted by atomic mass is 16.5. The molecule has 0 spiro atoms. The maximum absolute atomic E-state index is 10.4. The van der Waals surface area contributed by atoms with E-state index in [0.717, 1.165) is 23.6 Å². The van der Waals surface area contributed by atoms with Crippen LogP contribution >= 0.6 is 0 Å². The normalized spacial score (nSPS) is 13.8. The van der Waals surface area contributed by atoms with Gasteiger partial charge in [0.2, 0.25) is 0 Å². The number of nitrogens with one attached hydrogen (secondary N) is 1. The molecular formula is C18H27N3O2. The predicted molar refractivity (Wildman–Crippen MR) is 91.7 cm³/mol. The average molecular weight is 317 g/mol. The van der Waals surface area contributed by atoms with E-state index in [2.05, 4.69) is 31.2 Å². The third-order valence-corrected chi connectivity index (χ3v) is 4.27. The Hall–Kier alpha value is -1.85. The van der Waals surface area contributed by atoms with E-state index >= 15 is 0 Å². The highest BCUT2D eigenvalue weighted by Crippen LogP contribution is 2.23. The minimum absolute atomic E-state index is 0.135. The number of nitrogens with zero attached hydrogens (tertiary/aromatic N) is 2. The summed E-state index contributed by atoms with van der Waals surface area (Å²) in [6.07, 6.45) is -0.575. The first-order valence-corrected chi connectivity index (χ1v) is 8.07. The van der Waals surface area contributed by atoms with Gasteiger partial charge < -0.3 is 15.2 Å². The molecule has 1 heterocycles. The second-order valence-corrected chi connectivity index (χ2v) is 5.82. The first-order valence-electron chi connectivity index (χ1n) is 8.07. The zero-order valence-corrected chi connectivity index (χ0v) is 14.6. The van der Waals surface area contributed by atoms with Crippen molar-refractivity contribution in [2.24, 2.45) is 0 Å². The Bertz CT molecular complexity index is 652. The Morgan fingerprint density at radius 3 is 2.70 bits per heavy atom. The van der Waals surface area contributed by atoms with Crippen molar-refractivity contribution in [2.45, 2.75) is 46.4 Å². The molecule has 0 saturated carbocycles. The molecule has 2 N–H and O–H groups in total. The highest BCUT2D eigenvalue weighted by molar-refractivity contribution is 5.30. The lowest BCUT2D eigenvalue weighted by molar-refractivity contribution is 0.170. The first-order chi connectivity index (χ1) is 11.0. The maximum atomic E-state index is 10.4. The van der Waals surface area contributed by atoms with Gasteiger partial charge in [0.1, 0.15) is 5.75 Å². The molecular weight excluding hydrogens is 290 g/mol. The molecule has 2 unspecified atom stereocenters. The van der Waals surface area contributed by atoms with Crippen LogP contribution in [0.1, 0.15) is 48.5 Å². The summed E-state index contributed by atoms with van der Waals surface area (Å²) < 4.78 is 7.22. The fourth-order valence-electron chi connectivity index (χ4n) is 3.00. The van der Waals surface area contributed by atoms with E-state index in [1.807, 2.05) is 35.9 Å². The van der Waals surface area contributed by atoms with Crippen molar-refractivity contribution in [2.75, 3.05) is 13.7 Å². The van der Waals surface area contributed by atoms with Crippen molar-refractivity contribution in [3.8, 4) is 5.75 Å². The standard InChI is InChI=1S/C18H27N3O2/c1-6-21-14(4)18(13(3)20-21)12(2)19-11-17(22)15-8-7-9-16(10-15)23-5/h7-10,12,17,19,22H,6,11H2,1-5H3. The zero-order valence-electron chi connectivity index (χ0n) is 14.6. The Morgan fingerprint density at radius 1 is 1.35 bits per heavy atom. The lowest BCUT2D eigenvalue weighted by atomic mass is 10.0. The van der Waals surface area contributed by atoms with E-state index in [9.17, 15) is 5.11 Å². The molecule has 0 bridgehead atoms. The van der Waals surface area contributed by atoms with Crippen LogP contribution in [0.5, 0.6) is 5.75 Å². The zero-order chi connectivity index (χ0) is 17.0. The van der Waals surface area contributed by atoms with Gasteiger partial charge in [0.15, 0.2) is 0 Å². The maximum Gasteiger partial charge on any atom is 0.119 e. The molecule has 0 aliphatic heterocycles. The molecule has 126 valence electrons. The number of rotatable bonds is 7. The van der Waals surface area contributed by atoms with Gasteiger partial charge in [0.05, 0.1) is 18.9 Å². The Morgan fingerprint density at radius 2 is 2.09 bits per heavy atom. The summed E-state index contributed by atoms with van der Waals surface area (Å²) in [5, 5.41) is 18.4. The molecule has 0 aliphatic carbocycles. The molecule has 1 aromatic heterocycles. The van der Waals surface area contributed by atoms with Crippen LogP contribution in [-0.2, 0) is 6.54 Å². The smallest absolute Gasteiger partial charge is 0.119 e. The van der Waals surface area contributed by atoms with Crippen molar-refractivity contribution >= 4 is 0 Å². The molecule has 1 aromatic carbocycles. The molecule has 0 amide bonds.